The Balaban J connectivity index is 1.53. The van der Waals surface area contributed by atoms with E-state index in [-0.39, 0.29) is 17.6 Å². The Morgan fingerprint density at radius 3 is 2.74 bits per heavy atom. The van der Waals surface area contributed by atoms with Gasteiger partial charge in [-0.1, -0.05) is 41.3 Å². The normalized spacial score (nSPS) is 21.8. The second kappa shape index (κ2) is 7.61. The number of carbonyl (C=O) groups excluding carboxylic acids is 2. The summed E-state index contributed by atoms with van der Waals surface area (Å²) >= 11 is 3.43. The van der Waals surface area contributed by atoms with Crippen molar-refractivity contribution in [3.05, 3.63) is 33.8 Å². The van der Waals surface area contributed by atoms with E-state index in [1.165, 1.54) is 32.1 Å². The molecular formula is C19H24BrNO2. The lowest BCUT2D eigenvalue weighted by molar-refractivity contribution is -0.122. The quantitative estimate of drug-likeness (QED) is 0.850. The van der Waals surface area contributed by atoms with Crippen molar-refractivity contribution < 1.29 is 9.59 Å². The fraction of sp³-hybridized carbons (Fsp3) is 0.579. The van der Waals surface area contributed by atoms with Crippen LogP contribution in [0.4, 0.5) is 0 Å². The second-order valence-electron chi connectivity index (χ2n) is 6.91. The Labute approximate surface area is 146 Å². The number of halogens is 1. The van der Waals surface area contributed by atoms with Crippen molar-refractivity contribution in [2.45, 2.75) is 51.4 Å². The van der Waals surface area contributed by atoms with Crippen LogP contribution in [0.15, 0.2) is 22.7 Å². The number of amides is 1. The van der Waals surface area contributed by atoms with Crippen LogP contribution in [0.2, 0.25) is 0 Å². The first kappa shape index (κ1) is 16.7. The summed E-state index contributed by atoms with van der Waals surface area (Å²) in [7, 11) is 0. The molecule has 3 nitrogen and oxygen atoms in total. The van der Waals surface area contributed by atoms with E-state index in [4.69, 9.17) is 0 Å². The van der Waals surface area contributed by atoms with Crippen molar-refractivity contribution in [1.29, 1.82) is 0 Å². The van der Waals surface area contributed by atoms with Crippen molar-refractivity contribution in [2.24, 2.45) is 11.8 Å². The molecule has 2 aliphatic carbocycles. The Hall–Kier alpha value is -1.16. The van der Waals surface area contributed by atoms with E-state index in [2.05, 4.69) is 21.2 Å². The van der Waals surface area contributed by atoms with Gasteiger partial charge in [0.15, 0.2) is 5.78 Å². The van der Waals surface area contributed by atoms with Crippen molar-refractivity contribution in [2.75, 3.05) is 6.54 Å². The molecule has 23 heavy (non-hydrogen) atoms. The number of Topliss-reactive ketones (excluding diaryl/α,β-unsaturated/α-hetero) is 1. The first-order chi connectivity index (χ1) is 11.1. The van der Waals surface area contributed by atoms with Gasteiger partial charge in [-0.15, -0.1) is 0 Å². The molecule has 0 radical (unpaired) electrons. The molecule has 1 atom stereocenters. The molecule has 1 amide bonds. The number of fused-ring (bicyclic) bond motifs is 1. The molecule has 1 unspecified atom stereocenters. The van der Waals surface area contributed by atoms with Crippen LogP contribution in [0, 0.1) is 11.8 Å². The molecule has 0 spiro atoms. The predicted molar refractivity (Wildman–Crippen MR) is 94.5 cm³/mol. The summed E-state index contributed by atoms with van der Waals surface area (Å²) in [4.78, 5) is 24.8. The number of rotatable bonds is 4. The van der Waals surface area contributed by atoms with E-state index >= 15 is 0 Å². The van der Waals surface area contributed by atoms with Gasteiger partial charge in [0.05, 0.1) is 0 Å². The summed E-state index contributed by atoms with van der Waals surface area (Å²) in [5.41, 5.74) is 1.90. The Kier molecular flexibility index (Phi) is 5.52. The fourth-order valence-electron chi connectivity index (χ4n) is 3.82. The molecule has 124 valence electrons. The van der Waals surface area contributed by atoms with Gasteiger partial charge in [-0.3, -0.25) is 9.59 Å². The van der Waals surface area contributed by atoms with Crippen LogP contribution in [-0.4, -0.2) is 18.2 Å². The highest BCUT2D eigenvalue weighted by Gasteiger charge is 2.29. The van der Waals surface area contributed by atoms with Crippen LogP contribution < -0.4 is 5.32 Å². The third-order valence-electron chi connectivity index (χ3n) is 5.21. The van der Waals surface area contributed by atoms with Crippen LogP contribution in [0.3, 0.4) is 0 Å². The largest absolute Gasteiger partial charge is 0.356 e. The first-order valence-corrected chi connectivity index (χ1v) is 9.52. The van der Waals surface area contributed by atoms with Crippen LogP contribution in [0.25, 0.3) is 0 Å². The summed E-state index contributed by atoms with van der Waals surface area (Å²) in [6.07, 6.45) is 8.35. The van der Waals surface area contributed by atoms with E-state index < -0.39 is 0 Å². The van der Waals surface area contributed by atoms with Gasteiger partial charge in [0.2, 0.25) is 5.91 Å². The lowest BCUT2D eigenvalue weighted by Crippen LogP contribution is -2.34. The van der Waals surface area contributed by atoms with Crippen molar-refractivity contribution in [3.8, 4) is 0 Å². The standard InChI is InChI=1S/C19H24BrNO2/c20-16-9-8-14-6-7-15(19(23)17(14)11-16)10-18(22)21-12-13-4-2-1-3-5-13/h8-9,11,13,15H,1-7,10,12H2,(H,21,22). The fourth-order valence-corrected chi connectivity index (χ4v) is 4.18. The van der Waals surface area contributed by atoms with E-state index in [0.29, 0.717) is 12.3 Å². The highest BCUT2D eigenvalue weighted by Crippen LogP contribution is 2.30. The van der Waals surface area contributed by atoms with E-state index in [1.54, 1.807) is 0 Å². The van der Waals surface area contributed by atoms with Gasteiger partial charge in [-0.2, -0.15) is 0 Å². The molecule has 0 aromatic heterocycles. The average Bonchev–Trinajstić information content (AvgIpc) is 2.57. The number of nitrogens with one attached hydrogen (secondary N) is 1. The number of aryl methyl sites for hydroxylation is 1. The summed E-state index contributed by atoms with van der Waals surface area (Å²) in [6, 6.07) is 5.88. The zero-order valence-electron chi connectivity index (χ0n) is 13.4. The summed E-state index contributed by atoms with van der Waals surface area (Å²) in [5.74, 6) is 0.627. The predicted octanol–water partition coefficient (Wildman–Crippen LogP) is 4.28. The third kappa shape index (κ3) is 4.23. The van der Waals surface area contributed by atoms with Crippen molar-refractivity contribution >= 4 is 27.6 Å². The maximum absolute atomic E-state index is 12.6. The number of hydrogen-bond acceptors (Lipinski definition) is 2. The number of carbonyl (C=O) groups is 2. The Bertz CT molecular complexity index is 593. The minimum Gasteiger partial charge on any atom is -0.356 e. The van der Waals surface area contributed by atoms with E-state index in [1.807, 2.05) is 18.2 Å². The minimum absolute atomic E-state index is 0.0346. The number of ketones is 1. The molecule has 0 saturated heterocycles. The molecule has 1 N–H and O–H groups in total. The minimum atomic E-state index is -0.164. The van der Waals surface area contributed by atoms with Crippen LogP contribution in [0.1, 0.15) is 60.9 Å². The van der Waals surface area contributed by atoms with Gasteiger partial charge in [0.1, 0.15) is 0 Å². The maximum Gasteiger partial charge on any atom is 0.220 e. The lowest BCUT2D eigenvalue weighted by atomic mass is 9.81. The molecule has 1 fully saturated rings. The van der Waals surface area contributed by atoms with Crippen molar-refractivity contribution in [1.82, 2.24) is 5.32 Å². The van der Waals surface area contributed by atoms with Crippen LogP contribution in [0.5, 0.6) is 0 Å². The van der Waals surface area contributed by atoms with Gasteiger partial charge >= 0.3 is 0 Å². The van der Waals surface area contributed by atoms with Gasteiger partial charge < -0.3 is 5.32 Å². The third-order valence-corrected chi connectivity index (χ3v) is 5.71. The SMILES string of the molecule is O=C(CC1CCc2ccc(Br)cc2C1=O)NCC1CCCCC1. The molecule has 1 aromatic rings. The Morgan fingerprint density at radius 1 is 1.17 bits per heavy atom. The summed E-state index contributed by atoms with van der Waals surface area (Å²) < 4.78 is 0.923. The lowest BCUT2D eigenvalue weighted by Gasteiger charge is -2.24. The van der Waals surface area contributed by atoms with Gasteiger partial charge in [-0.25, -0.2) is 0 Å². The molecule has 2 aliphatic rings. The topological polar surface area (TPSA) is 46.2 Å². The maximum atomic E-state index is 12.6. The summed E-state index contributed by atoms with van der Waals surface area (Å²) in [6.45, 7) is 0.780. The highest BCUT2D eigenvalue weighted by molar-refractivity contribution is 9.10. The first-order valence-electron chi connectivity index (χ1n) is 8.73. The van der Waals surface area contributed by atoms with Crippen molar-refractivity contribution in [3.63, 3.8) is 0 Å². The van der Waals surface area contributed by atoms with Crippen LogP contribution >= 0.6 is 15.9 Å². The van der Waals surface area contributed by atoms with E-state index in [9.17, 15) is 9.59 Å². The highest BCUT2D eigenvalue weighted by atomic mass is 79.9. The molecule has 4 heteroatoms. The second-order valence-corrected chi connectivity index (χ2v) is 7.83. The molecule has 0 heterocycles. The molecule has 0 aliphatic heterocycles. The van der Waals surface area contributed by atoms with Gasteiger partial charge in [0.25, 0.3) is 0 Å². The molecule has 3 rings (SSSR count). The number of hydrogen-bond donors (Lipinski definition) is 1. The summed E-state index contributed by atoms with van der Waals surface area (Å²) in [5, 5.41) is 3.06. The molecular weight excluding hydrogens is 354 g/mol. The Morgan fingerprint density at radius 2 is 1.96 bits per heavy atom. The molecule has 0 bridgehead atoms. The molecule has 1 saturated carbocycles. The van der Waals surface area contributed by atoms with Gasteiger partial charge in [0, 0.05) is 28.9 Å². The molecule has 1 aromatic carbocycles. The smallest absolute Gasteiger partial charge is 0.220 e. The van der Waals surface area contributed by atoms with Gasteiger partial charge in [-0.05, 0) is 49.3 Å². The zero-order valence-corrected chi connectivity index (χ0v) is 15.0. The monoisotopic (exact) mass is 377 g/mol. The number of benzene rings is 1. The zero-order chi connectivity index (χ0) is 16.2. The van der Waals surface area contributed by atoms with E-state index in [0.717, 1.165) is 35.0 Å². The van der Waals surface area contributed by atoms with Crippen LogP contribution in [-0.2, 0) is 11.2 Å². The average molecular weight is 378 g/mol.